The average molecular weight is 527 g/mol. The molecule has 4 aromatic rings. The minimum Gasteiger partial charge on any atom is -0.489 e. The number of aromatic nitrogens is 2. The van der Waals surface area contributed by atoms with Gasteiger partial charge in [-0.15, -0.1) is 0 Å². The van der Waals surface area contributed by atoms with Crippen molar-refractivity contribution >= 4 is 49.0 Å². The third kappa shape index (κ3) is 4.68. The zero-order chi connectivity index (χ0) is 21.1. The van der Waals surface area contributed by atoms with E-state index in [1.54, 1.807) is 19.2 Å². The molecule has 0 radical (unpaired) electrons. The summed E-state index contributed by atoms with van der Waals surface area (Å²) in [6.45, 7) is 2.23. The number of aryl methyl sites for hydroxylation is 1. The maximum atomic E-state index is 12.8. The van der Waals surface area contributed by atoms with Crippen LogP contribution in [-0.2, 0) is 6.61 Å². The van der Waals surface area contributed by atoms with Gasteiger partial charge in [0.05, 0.1) is 17.1 Å². The second-order valence-corrected chi connectivity index (χ2v) is 8.50. The highest BCUT2D eigenvalue weighted by Crippen LogP contribution is 2.17. The second-order valence-electron chi connectivity index (χ2n) is 6.67. The summed E-state index contributed by atoms with van der Waals surface area (Å²) in [6.07, 6.45) is 1.63. The Morgan fingerprint density at radius 1 is 1.03 bits per heavy atom. The Labute approximate surface area is 190 Å². The van der Waals surface area contributed by atoms with Gasteiger partial charge < -0.3 is 4.74 Å². The molecule has 0 aliphatic heterocycles. The van der Waals surface area contributed by atoms with Crippen molar-refractivity contribution in [1.29, 1.82) is 0 Å². The van der Waals surface area contributed by atoms with Crippen LogP contribution in [0.2, 0.25) is 0 Å². The summed E-state index contributed by atoms with van der Waals surface area (Å²) >= 11 is 6.83. The Morgan fingerprint density at radius 3 is 2.60 bits per heavy atom. The van der Waals surface area contributed by atoms with Gasteiger partial charge in [-0.1, -0.05) is 56.1 Å². The van der Waals surface area contributed by atoms with Crippen molar-refractivity contribution in [3.05, 3.63) is 103 Å². The Balaban J connectivity index is 1.56. The summed E-state index contributed by atoms with van der Waals surface area (Å²) in [5, 5.41) is 4.88. The third-order valence-corrected chi connectivity index (χ3v) is 5.49. The van der Waals surface area contributed by atoms with E-state index in [0.717, 1.165) is 25.8 Å². The molecule has 0 spiro atoms. The number of hydrogen-bond acceptors (Lipinski definition) is 4. The van der Waals surface area contributed by atoms with E-state index >= 15 is 0 Å². The number of benzene rings is 3. The number of rotatable bonds is 5. The summed E-state index contributed by atoms with van der Waals surface area (Å²) in [7, 11) is 0. The molecule has 0 atom stereocenters. The van der Waals surface area contributed by atoms with Crippen LogP contribution >= 0.6 is 31.9 Å². The fraction of sp³-hybridized carbons (Fsp3) is 0.0870. The van der Waals surface area contributed by atoms with Crippen molar-refractivity contribution in [3.63, 3.8) is 0 Å². The van der Waals surface area contributed by atoms with Crippen LogP contribution in [0, 0.1) is 6.92 Å². The van der Waals surface area contributed by atoms with Crippen LogP contribution in [0.1, 0.15) is 17.0 Å². The van der Waals surface area contributed by atoms with Crippen molar-refractivity contribution in [2.24, 2.45) is 5.10 Å². The molecular formula is C23H17Br2N3O2. The van der Waals surface area contributed by atoms with E-state index in [0.29, 0.717) is 23.3 Å². The first-order valence-corrected chi connectivity index (χ1v) is 10.8. The summed E-state index contributed by atoms with van der Waals surface area (Å²) < 4.78 is 9.05. The quantitative estimate of drug-likeness (QED) is 0.314. The van der Waals surface area contributed by atoms with Crippen LogP contribution in [0.4, 0.5) is 0 Å². The van der Waals surface area contributed by atoms with E-state index in [4.69, 9.17) is 4.74 Å². The minimum atomic E-state index is -0.210. The van der Waals surface area contributed by atoms with E-state index in [1.165, 1.54) is 4.68 Å². The van der Waals surface area contributed by atoms with E-state index in [1.807, 2.05) is 60.7 Å². The summed E-state index contributed by atoms with van der Waals surface area (Å²) in [4.78, 5) is 17.3. The zero-order valence-corrected chi connectivity index (χ0v) is 19.2. The number of hydrogen-bond donors (Lipinski definition) is 0. The molecule has 7 heteroatoms. The Kier molecular flexibility index (Phi) is 6.11. The Bertz CT molecular complexity index is 1300. The highest BCUT2D eigenvalue weighted by atomic mass is 79.9. The molecule has 1 heterocycles. The number of halogens is 2. The molecule has 150 valence electrons. The standard InChI is InChI=1S/C23H17Br2N3O2/c1-15-27-22-10-9-19(25)12-21(22)23(29)28(15)26-13-17-3-2-4-20(11-17)30-14-16-5-7-18(24)8-6-16/h2-13H,14H2,1H3. The average Bonchev–Trinajstić information content (AvgIpc) is 2.74. The van der Waals surface area contributed by atoms with Crippen LogP contribution in [0.5, 0.6) is 5.75 Å². The molecule has 30 heavy (non-hydrogen) atoms. The third-order valence-electron chi connectivity index (χ3n) is 4.47. The molecule has 4 rings (SSSR count). The first kappa shape index (κ1) is 20.5. The topological polar surface area (TPSA) is 56.5 Å². The van der Waals surface area contributed by atoms with Crippen molar-refractivity contribution < 1.29 is 4.74 Å². The van der Waals surface area contributed by atoms with Crippen molar-refractivity contribution in [3.8, 4) is 5.75 Å². The van der Waals surface area contributed by atoms with Crippen molar-refractivity contribution in [1.82, 2.24) is 9.66 Å². The zero-order valence-electron chi connectivity index (χ0n) is 16.0. The van der Waals surface area contributed by atoms with E-state index in [-0.39, 0.29) is 5.56 Å². The monoisotopic (exact) mass is 525 g/mol. The van der Waals surface area contributed by atoms with Gasteiger partial charge in [0.25, 0.3) is 5.56 Å². The second kappa shape index (κ2) is 8.93. The molecule has 0 amide bonds. The van der Waals surface area contributed by atoms with Gasteiger partial charge in [-0.2, -0.15) is 9.78 Å². The molecule has 0 fully saturated rings. The predicted octanol–water partition coefficient (Wildman–Crippen LogP) is 5.69. The number of nitrogens with zero attached hydrogens (tertiary/aromatic N) is 3. The summed E-state index contributed by atoms with van der Waals surface area (Å²) in [6, 6.07) is 21.0. The van der Waals surface area contributed by atoms with Gasteiger partial charge in [0.1, 0.15) is 18.2 Å². The molecule has 0 aliphatic carbocycles. The van der Waals surface area contributed by atoms with E-state index in [2.05, 4.69) is 41.9 Å². The van der Waals surface area contributed by atoms with Gasteiger partial charge in [0.15, 0.2) is 0 Å². The minimum absolute atomic E-state index is 0.210. The Morgan fingerprint density at radius 2 is 1.80 bits per heavy atom. The predicted molar refractivity (Wildman–Crippen MR) is 126 cm³/mol. The van der Waals surface area contributed by atoms with Crippen LogP contribution in [-0.4, -0.2) is 15.9 Å². The van der Waals surface area contributed by atoms with Gasteiger partial charge in [-0.05, 0) is 60.5 Å². The maximum Gasteiger partial charge on any atom is 0.282 e. The number of ether oxygens (including phenoxy) is 1. The first-order valence-electron chi connectivity index (χ1n) is 9.20. The fourth-order valence-electron chi connectivity index (χ4n) is 2.95. The molecule has 0 bridgehead atoms. The van der Waals surface area contributed by atoms with Crippen LogP contribution in [0.3, 0.4) is 0 Å². The van der Waals surface area contributed by atoms with Gasteiger partial charge in [-0.25, -0.2) is 4.98 Å². The molecule has 3 aromatic carbocycles. The maximum absolute atomic E-state index is 12.8. The lowest BCUT2D eigenvalue weighted by Gasteiger charge is -2.08. The highest BCUT2D eigenvalue weighted by molar-refractivity contribution is 9.10. The molecule has 0 saturated heterocycles. The lowest BCUT2D eigenvalue weighted by Crippen LogP contribution is -2.20. The lowest BCUT2D eigenvalue weighted by molar-refractivity contribution is 0.306. The molecule has 0 N–H and O–H groups in total. The molecule has 0 saturated carbocycles. The molecule has 0 aliphatic rings. The van der Waals surface area contributed by atoms with Crippen LogP contribution < -0.4 is 10.3 Å². The van der Waals surface area contributed by atoms with Gasteiger partial charge in [-0.3, -0.25) is 4.79 Å². The SMILES string of the molecule is Cc1nc2ccc(Br)cc2c(=O)n1N=Cc1cccc(OCc2ccc(Br)cc2)c1. The largest absolute Gasteiger partial charge is 0.489 e. The van der Waals surface area contributed by atoms with Gasteiger partial charge in [0.2, 0.25) is 0 Å². The van der Waals surface area contributed by atoms with Gasteiger partial charge in [0, 0.05) is 8.95 Å². The fourth-order valence-corrected chi connectivity index (χ4v) is 3.58. The van der Waals surface area contributed by atoms with Gasteiger partial charge >= 0.3 is 0 Å². The van der Waals surface area contributed by atoms with Crippen molar-refractivity contribution in [2.45, 2.75) is 13.5 Å². The normalized spacial score (nSPS) is 11.3. The smallest absolute Gasteiger partial charge is 0.282 e. The van der Waals surface area contributed by atoms with E-state index < -0.39 is 0 Å². The Hall–Kier alpha value is -2.77. The van der Waals surface area contributed by atoms with E-state index in [9.17, 15) is 4.79 Å². The molecular weight excluding hydrogens is 510 g/mol. The van der Waals surface area contributed by atoms with Crippen LogP contribution in [0.15, 0.2) is 85.6 Å². The molecule has 5 nitrogen and oxygen atoms in total. The molecule has 0 unspecified atom stereocenters. The summed E-state index contributed by atoms with van der Waals surface area (Å²) in [5.74, 6) is 1.25. The highest BCUT2D eigenvalue weighted by Gasteiger charge is 2.07. The first-order chi connectivity index (χ1) is 14.5. The molecule has 1 aromatic heterocycles. The lowest BCUT2D eigenvalue weighted by atomic mass is 10.2. The number of fused-ring (bicyclic) bond motifs is 1. The van der Waals surface area contributed by atoms with Crippen molar-refractivity contribution in [2.75, 3.05) is 0 Å². The summed E-state index contributed by atoms with van der Waals surface area (Å²) in [5.41, 5.74) is 2.34. The van der Waals surface area contributed by atoms with Crippen LogP contribution in [0.25, 0.3) is 10.9 Å².